The lowest BCUT2D eigenvalue weighted by molar-refractivity contribution is 0.222. The molecule has 0 unspecified atom stereocenters. The molecule has 2 nitrogen and oxygen atoms in total. The van der Waals surface area contributed by atoms with E-state index in [1.54, 1.807) is 0 Å². The van der Waals surface area contributed by atoms with Crippen LogP contribution >= 0.6 is 24.0 Å². The Kier molecular flexibility index (Phi) is 10.1. The van der Waals surface area contributed by atoms with Crippen LogP contribution in [0.1, 0.15) is 37.8 Å². The molecule has 0 saturated carbocycles. The Balaban J connectivity index is 0.00000361. The second-order valence-electron chi connectivity index (χ2n) is 5.17. The van der Waals surface area contributed by atoms with Crippen LogP contribution in [0.3, 0.4) is 0 Å². The van der Waals surface area contributed by atoms with E-state index in [0.29, 0.717) is 18.4 Å². The highest BCUT2D eigenvalue weighted by Gasteiger charge is 2.09. The van der Waals surface area contributed by atoms with E-state index in [1.165, 1.54) is 11.1 Å². The smallest absolute Gasteiger partial charge is 0.123 e. The van der Waals surface area contributed by atoms with Crippen LogP contribution in [0.15, 0.2) is 18.2 Å². The van der Waals surface area contributed by atoms with Gasteiger partial charge in [0.2, 0.25) is 0 Å². The summed E-state index contributed by atoms with van der Waals surface area (Å²) in [6.07, 6.45) is 0. The number of likely N-dealkylation sites (N-methyl/N-ethyl adjacent to an activating group) is 1. The SMILES string of the molecule is CCN(CCCl)CCOc1cc(C)ccc1C(C)C.Cl. The van der Waals surface area contributed by atoms with Crippen molar-refractivity contribution in [3.8, 4) is 5.75 Å². The number of nitrogens with zero attached hydrogens (tertiary/aromatic N) is 1. The molecule has 0 amide bonds. The Morgan fingerprint density at radius 3 is 2.50 bits per heavy atom. The van der Waals surface area contributed by atoms with Gasteiger partial charge >= 0.3 is 0 Å². The number of benzene rings is 1. The van der Waals surface area contributed by atoms with Crippen LogP contribution in [0, 0.1) is 6.92 Å². The maximum absolute atomic E-state index is 5.97. The molecule has 0 bridgehead atoms. The topological polar surface area (TPSA) is 12.5 Å². The van der Waals surface area contributed by atoms with Crippen molar-refractivity contribution in [1.82, 2.24) is 4.90 Å². The monoisotopic (exact) mass is 319 g/mol. The molecule has 0 aromatic heterocycles. The molecular formula is C16H27Cl2NO. The summed E-state index contributed by atoms with van der Waals surface area (Å²) in [6.45, 7) is 12.2. The van der Waals surface area contributed by atoms with Gasteiger partial charge < -0.3 is 4.74 Å². The van der Waals surface area contributed by atoms with E-state index in [9.17, 15) is 0 Å². The first-order valence-corrected chi connectivity index (χ1v) is 7.63. The summed E-state index contributed by atoms with van der Waals surface area (Å²) in [7, 11) is 0. The Labute approximate surface area is 134 Å². The van der Waals surface area contributed by atoms with Crippen LogP contribution in [0.5, 0.6) is 5.75 Å². The summed E-state index contributed by atoms with van der Waals surface area (Å²) in [5, 5.41) is 0. The summed E-state index contributed by atoms with van der Waals surface area (Å²) in [4.78, 5) is 2.30. The molecule has 0 saturated heterocycles. The quantitative estimate of drug-likeness (QED) is 0.655. The predicted octanol–water partition coefficient (Wildman–Crippen LogP) is 4.48. The van der Waals surface area contributed by atoms with E-state index >= 15 is 0 Å². The van der Waals surface area contributed by atoms with Gasteiger partial charge in [-0.25, -0.2) is 0 Å². The van der Waals surface area contributed by atoms with Crippen LogP contribution in [0.2, 0.25) is 0 Å². The fourth-order valence-corrected chi connectivity index (χ4v) is 2.31. The lowest BCUT2D eigenvalue weighted by atomic mass is 10.0. The number of rotatable bonds is 8. The van der Waals surface area contributed by atoms with Gasteiger partial charge in [0.1, 0.15) is 12.4 Å². The number of halogens is 2. The van der Waals surface area contributed by atoms with Gasteiger partial charge in [-0.1, -0.05) is 32.9 Å². The molecule has 1 rings (SSSR count). The maximum Gasteiger partial charge on any atom is 0.123 e. The predicted molar refractivity (Wildman–Crippen MR) is 90.8 cm³/mol. The lowest BCUT2D eigenvalue weighted by Gasteiger charge is -2.20. The van der Waals surface area contributed by atoms with Gasteiger partial charge in [-0.05, 0) is 36.6 Å². The molecule has 116 valence electrons. The normalized spacial score (nSPS) is 10.8. The van der Waals surface area contributed by atoms with Crippen LogP contribution in [0.4, 0.5) is 0 Å². The summed E-state index contributed by atoms with van der Waals surface area (Å²) in [5.74, 6) is 2.19. The first-order valence-electron chi connectivity index (χ1n) is 7.10. The zero-order valence-corrected chi connectivity index (χ0v) is 14.6. The Morgan fingerprint density at radius 2 is 1.95 bits per heavy atom. The second kappa shape index (κ2) is 10.3. The van der Waals surface area contributed by atoms with E-state index in [0.717, 1.165) is 25.4 Å². The van der Waals surface area contributed by atoms with Crippen LogP contribution in [-0.2, 0) is 0 Å². The number of hydrogen-bond donors (Lipinski definition) is 0. The lowest BCUT2D eigenvalue weighted by Crippen LogP contribution is -2.30. The van der Waals surface area contributed by atoms with Crippen molar-refractivity contribution < 1.29 is 4.74 Å². The van der Waals surface area contributed by atoms with Gasteiger partial charge in [0.15, 0.2) is 0 Å². The minimum absolute atomic E-state index is 0. The average Bonchev–Trinajstić information content (AvgIpc) is 2.37. The zero-order valence-electron chi connectivity index (χ0n) is 13.0. The van der Waals surface area contributed by atoms with Crippen molar-refractivity contribution in [2.75, 3.05) is 32.1 Å². The van der Waals surface area contributed by atoms with Crippen LogP contribution < -0.4 is 4.74 Å². The van der Waals surface area contributed by atoms with Crippen molar-refractivity contribution in [3.05, 3.63) is 29.3 Å². The number of alkyl halides is 1. The van der Waals surface area contributed by atoms with E-state index in [2.05, 4.69) is 50.8 Å². The van der Waals surface area contributed by atoms with Crippen molar-refractivity contribution >= 4 is 24.0 Å². The standard InChI is InChI=1S/C16H26ClNO.ClH/c1-5-18(9-8-17)10-11-19-16-12-14(4)6-7-15(16)13(2)3;/h6-7,12-13H,5,8-11H2,1-4H3;1H. The fourth-order valence-electron chi connectivity index (χ4n) is 2.08. The minimum Gasteiger partial charge on any atom is -0.492 e. The molecule has 0 aliphatic heterocycles. The molecule has 0 radical (unpaired) electrons. The van der Waals surface area contributed by atoms with Gasteiger partial charge in [0, 0.05) is 19.0 Å². The van der Waals surface area contributed by atoms with Crippen molar-refractivity contribution in [2.45, 2.75) is 33.6 Å². The first kappa shape index (κ1) is 19.6. The maximum atomic E-state index is 5.97. The number of ether oxygens (including phenoxy) is 1. The third-order valence-electron chi connectivity index (χ3n) is 3.30. The van der Waals surface area contributed by atoms with Crippen molar-refractivity contribution in [3.63, 3.8) is 0 Å². The van der Waals surface area contributed by atoms with Gasteiger partial charge in [-0.15, -0.1) is 24.0 Å². The molecule has 0 N–H and O–H groups in total. The molecule has 20 heavy (non-hydrogen) atoms. The van der Waals surface area contributed by atoms with E-state index < -0.39 is 0 Å². The molecule has 0 aliphatic rings. The molecule has 1 aromatic rings. The largest absolute Gasteiger partial charge is 0.492 e. The minimum atomic E-state index is 0. The van der Waals surface area contributed by atoms with Gasteiger partial charge in [0.25, 0.3) is 0 Å². The molecule has 0 atom stereocenters. The molecule has 0 aliphatic carbocycles. The molecular weight excluding hydrogens is 293 g/mol. The molecule has 1 aromatic carbocycles. The third kappa shape index (κ3) is 6.34. The summed E-state index contributed by atoms with van der Waals surface area (Å²) in [6, 6.07) is 6.45. The molecule has 0 fully saturated rings. The van der Waals surface area contributed by atoms with Crippen LogP contribution in [-0.4, -0.2) is 37.0 Å². The molecule has 0 heterocycles. The Morgan fingerprint density at radius 1 is 1.25 bits per heavy atom. The van der Waals surface area contributed by atoms with E-state index in [1.807, 2.05) is 0 Å². The van der Waals surface area contributed by atoms with Gasteiger partial charge in [-0.2, -0.15) is 0 Å². The average molecular weight is 320 g/mol. The zero-order chi connectivity index (χ0) is 14.3. The third-order valence-corrected chi connectivity index (χ3v) is 3.47. The van der Waals surface area contributed by atoms with Crippen molar-refractivity contribution in [1.29, 1.82) is 0 Å². The Bertz CT molecular complexity index is 383. The van der Waals surface area contributed by atoms with E-state index in [-0.39, 0.29) is 12.4 Å². The van der Waals surface area contributed by atoms with Gasteiger partial charge in [0.05, 0.1) is 0 Å². The fraction of sp³-hybridized carbons (Fsp3) is 0.625. The number of aryl methyl sites for hydroxylation is 1. The summed E-state index contributed by atoms with van der Waals surface area (Å²) >= 11 is 5.78. The van der Waals surface area contributed by atoms with E-state index in [4.69, 9.17) is 16.3 Å². The highest BCUT2D eigenvalue weighted by Crippen LogP contribution is 2.27. The highest BCUT2D eigenvalue weighted by molar-refractivity contribution is 6.18. The highest BCUT2D eigenvalue weighted by atomic mass is 35.5. The number of hydrogen-bond acceptors (Lipinski definition) is 2. The summed E-state index contributed by atoms with van der Waals surface area (Å²) < 4.78 is 5.97. The van der Waals surface area contributed by atoms with Gasteiger partial charge in [-0.3, -0.25) is 4.90 Å². The van der Waals surface area contributed by atoms with Crippen LogP contribution in [0.25, 0.3) is 0 Å². The Hall–Kier alpha value is -0.440. The summed E-state index contributed by atoms with van der Waals surface area (Å²) in [5.41, 5.74) is 2.53. The first-order chi connectivity index (χ1) is 9.08. The second-order valence-corrected chi connectivity index (χ2v) is 5.55. The molecule has 4 heteroatoms. The molecule has 0 spiro atoms. The van der Waals surface area contributed by atoms with Crippen molar-refractivity contribution in [2.24, 2.45) is 0 Å².